The molecule has 2 aromatic rings. The van der Waals surface area contributed by atoms with Crippen molar-refractivity contribution in [2.75, 3.05) is 6.54 Å². The van der Waals surface area contributed by atoms with E-state index in [2.05, 4.69) is 65.5 Å². The maximum atomic E-state index is 6.29. The zero-order chi connectivity index (χ0) is 17.6. The van der Waals surface area contributed by atoms with Crippen LogP contribution in [0.1, 0.15) is 18.1 Å². The lowest BCUT2D eigenvalue weighted by molar-refractivity contribution is 0.435. The number of aromatic nitrogens is 2. The molecular formula is C19H18Cl2N4. The number of fused-ring (bicyclic) bond motifs is 1. The molecule has 25 heavy (non-hydrogen) atoms. The third-order valence-corrected chi connectivity index (χ3v) is 5.25. The van der Waals surface area contributed by atoms with E-state index in [-0.39, 0.29) is 0 Å². The third-order valence-electron chi connectivity index (χ3n) is 4.48. The van der Waals surface area contributed by atoms with Gasteiger partial charge in [0.1, 0.15) is 11.0 Å². The molecule has 1 aromatic carbocycles. The molecule has 0 aliphatic carbocycles. The van der Waals surface area contributed by atoms with Crippen LogP contribution in [0.15, 0.2) is 59.8 Å². The number of aryl methyl sites for hydroxylation is 1. The largest absolute Gasteiger partial charge is 0.340 e. The van der Waals surface area contributed by atoms with Crippen LogP contribution in [0.4, 0.5) is 0 Å². The Morgan fingerprint density at radius 3 is 2.56 bits per heavy atom. The second kappa shape index (κ2) is 6.28. The van der Waals surface area contributed by atoms with E-state index in [9.17, 15) is 0 Å². The molecule has 1 aromatic heterocycles. The van der Waals surface area contributed by atoms with Gasteiger partial charge in [0, 0.05) is 6.54 Å². The molecule has 6 heteroatoms. The molecule has 0 amide bonds. The smallest absolute Gasteiger partial charge is 0.166 e. The summed E-state index contributed by atoms with van der Waals surface area (Å²) in [6, 6.07) is 8.52. The van der Waals surface area contributed by atoms with Gasteiger partial charge in [-0.3, -0.25) is 0 Å². The minimum atomic E-state index is 0.329. The second-order valence-corrected chi connectivity index (χ2v) is 7.13. The topological polar surface area (TPSA) is 33.1 Å². The summed E-state index contributed by atoms with van der Waals surface area (Å²) < 4.78 is 1.87. The standard InChI is InChI=1S/C19H18Cl2N4/c1-12-3-6-14(7-4-12)17-15(10-24-11-22-18(20)19(24)21)25-9-13(2)5-8-16(25)23-17/h3-8,11,23H,9-10H2,1-2H3. The van der Waals surface area contributed by atoms with Crippen LogP contribution in [-0.4, -0.2) is 21.0 Å². The van der Waals surface area contributed by atoms with Crippen LogP contribution in [0.25, 0.3) is 5.70 Å². The van der Waals surface area contributed by atoms with Crippen molar-refractivity contribution in [3.63, 3.8) is 0 Å². The van der Waals surface area contributed by atoms with Crippen molar-refractivity contribution in [2.24, 2.45) is 0 Å². The van der Waals surface area contributed by atoms with Crippen molar-refractivity contribution in [2.45, 2.75) is 20.4 Å². The Hall–Kier alpha value is -2.17. The molecule has 2 aliphatic heterocycles. The van der Waals surface area contributed by atoms with Crippen LogP contribution < -0.4 is 5.32 Å². The Labute approximate surface area is 157 Å². The van der Waals surface area contributed by atoms with Crippen LogP contribution in [0.5, 0.6) is 0 Å². The van der Waals surface area contributed by atoms with E-state index in [1.807, 2.05) is 4.57 Å². The number of imidazole rings is 1. The summed E-state index contributed by atoms with van der Waals surface area (Å²) in [5, 5.41) is 4.34. The van der Waals surface area contributed by atoms with Crippen molar-refractivity contribution < 1.29 is 0 Å². The minimum Gasteiger partial charge on any atom is -0.340 e. The molecule has 0 spiro atoms. The molecular weight excluding hydrogens is 355 g/mol. The van der Waals surface area contributed by atoms with Gasteiger partial charge < -0.3 is 14.8 Å². The van der Waals surface area contributed by atoms with Crippen molar-refractivity contribution in [3.8, 4) is 0 Å². The summed E-state index contributed by atoms with van der Waals surface area (Å²) >= 11 is 12.3. The Kier molecular flexibility index (Phi) is 4.10. The van der Waals surface area contributed by atoms with Crippen molar-refractivity contribution >= 4 is 28.9 Å². The molecule has 0 saturated heterocycles. The number of allylic oxidation sites excluding steroid dienone is 3. The number of nitrogens with one attached hydrogen (secondary N) is 1. The first-order chi connectivity index (χ1) is 12.0. The number of benzene rings is 1. The summed E-state index contributed by atoms with van der Waals surface area (Å²) in [6.45, 7) is 5.67. The first-order valence-corrected chi connectivity index (χ1v) is 8.87. The maximum Gasteiger partial charge on any atom is 0.166 e. The normalized spacial score (nSPS) is 16.6. The van der Waals surface area contributed by atoms with Crippen LogP contribution >= 0.6 is 23.2 Å². The van der Waals surface area contributed by atoms with E-state index < -0.39 is 0 Å². The molecule has 4 nitrogen and oxygen atoms in total. The lowest BCUT2D eigenvalue weighted by Crippen LogP contribution is -2.27. The Bertz CT molecular complexity index is 919. The fourth-order valence-electron chi connectivity index (χ4n) is 3.12. The SMILES string of the molecule is CC1=CC=C2NC(c3ccc(C)cc3)=C(Cn3cnc(Cl)c3Cl)N2C1. The second-order valence-electron chi connectivity index (χ2n) is 6.42. The zero-order valence-corrected chi connectivity index (χ0v) is 15.6. The van der Waals surface area contributed by atoms with Crippen LogP contribution in [0.2, 0.25) is 10.3 Å². The molecule has 4 rings (SSSR count). The average molecular weight is 373 g/mol. The molecule has 0 unspecified atom stereocenters. The predicted molar refractivity (Wildman–Crippen MR) is 102 cm³/mol. The van der Waals surface area contributed by atoms with Crippen molar-refractivity contribution in [1.82, 2.24) is 19.8 Å². The van der Waals surface area contributed by atoms with Gasteiger partial charge in [-0.25, -0.2) is 4.98 Å². The number of nitrogens with zero attached hydrogens (tertiary/aromatic N) is 3. The molecule has 1 N–H and O–H groups in total. The van der Waals surface area contributed by atoms with Gasteiger partial charge in [-0.2, -0.15) is 0 Å². The molecule has 128 valence electrons. The van der Waals surface area contributed by atoms with Gasteiger partial charge in [-0.05, 0) is 25.5 Å². The Morgan fingerprint density at radius 1 is 1.12 bits per heavy atom. The van der Waals surface area contributed by atoms with Gasteiger partial charge in [-0.15, -0.1) is 0 Å². The summed E-state index contributed by atoms with van der Waals surface area (Å²) in [5.74, 6) is 1.08. The Morgan fingerprint density at radius 2 is 1.88 bits per heavy atom. The highest BCUT2D eigenvalue weighted by molar-refractivity contribution is 6.40. The van der Waals surface area contributed by atoms with Crippen LogP contribution in [-0.2, 0) is 6.54 Å². The number of rotatable bonds is 3. The highest BCUT2D eigenvalue weighted by Crippen LogP contribution is 2.34. The number of hydrogen-bond acceptors (Lipinski definition) is 3. The molecule has 0 fully saturated rings. The van der Waals surface area contributed by atoms with Crippen molar-refractivity contribution in [1.29, 1.82) is 0 Å². The first kappa shape index (κ1) is 16.3. The zero-order valence-electron chi connectivity index (χ0n) is 14.1. The molecule has 2 aliphatic rings. The molecule has 0 atom stereocenters. The summed E-state index contributed by atoms with van der Waals surface area (Å²) in [4.78, 5) is 6.38. The lowest BCUT2D eigenvalue weighted by atomic mass is 10.1. The monoisotopic (exact) mass is 372 g/mol. The quantitative estimate of drug-likeness (QED) is 0.856. The highest BCUT2D eigenvalue weighted by Gasteiger charge is 2.29. The molecule has 0 radical (unpaired) electrons. The molecule has 0 saturated carbocycles. The van der Waals surface area contributed by atoms with E-state index in [1.54, 1.807) is 6.33 Å². The average Bonchev–Trinajstić information content (AvgIpc) is 3.11. The van der Waals surface area contributed by atoms with Crippen LogP contribution in [0.3, 0.4) is 0 Å². The first-order valence-electron chi connectivity index (χ1n) is 8.11. The molecule has 3 heterocycles. The van der Waals surface area contributed by atoms with Gasteiger partial charge in [0.05, 0.1) is 24.3 Å². The van der Waals surface area contributed by atoms with Gasteiger partial charge in [0.15, 0.2) is 5.15 Å². The fraction of sp³-hybridized carbons (Fsp3) is 0.211. The van der Waals surface area contributed by atoms with Gasteiger partial charge in [0.25, 0.3) is 0 Å². The van der Waals surface area contributed by atoms with Crippen molar-refractivity contribution in [3.05, 3.63) is 81.3 Å². The van der Waals surface area contributed by atoms with E-state index in [4.69, 9.17) is 23.2 Å². The highest BCUT2D eigenvalue weighted by atomic mass is 35.5. The third kappa shape index (κ3) is 2.96. The van der Waals surface area contributed by atoms with Crippen LogP contribution in [0, 0.1) is 6.92 Å². The van der Waals surface area contributed by atoms with E-state index in [0.29, 0.717) is 16.9 Å². The van der Waals surface area contributed by atoms with Gasteiger partial charge in [-0.1, -0.05) is 64.7 Å². The number of halogens is 2. The summed E-state index contributed by atoms with van der Waals surface area (Å²) in [6.07, 6.45) is 5.94. The van der Waals surface area contributed by atoms with Gasteiger partial charge >= 0.3 is 0 Å². The molecule has 0 bridgehead atoms. The minimum absolute atomic E-state index is 0.329. The van der Waals surface area contributed by atoms with Gasteiger partial charge in [0.2, 0.25) is 0 Å². The Balaban J connectivity index is 1.78. The fourth-order valence-corrected chi connectivity index (χ4v) is 3.43. The number of hydrogen-bond donors (Lipinski definition) is 1. The van der Waals surface area contributed by atoms with E-state index in [1.165, 1.54) is 11.1 Å². The van der Waals surface area contributed by atoms with E-state index in [0.717, 1.165) is 29.3 Å². The maximum absolute atomic E-state index is 6.29. The van der Waals surface area contributed by atoms with E-state index >= 15 is 0 Å². The summed E-state index contributed by atoms with van der Waals surface area (Å²) in [7, 11) is 0. The predicted octanol–water partition coefficient (Wildman–Crippen LogP) is 4.57. The summed E-state index contributed by atoms with van der Waals surface area (Å²) in [5.41, 5.74) is 5.94. The lowest BCUT2D eigenvalue weighted by Gasteiger charge is -2.26.